The summed E-state index contributed by atoms with van der Waals surface area (Å²) in [5, 5.41) is 3.60. The third-order valence-corrected chi connectivity index (χ3v) is 4.25. The molecule has 3 N–H and O–H groups in total. The summed E-state index contributed by atoms with van der Waals surface area (Å²) in [6.45, 7) is 2.77. The molecule has 0 spiro atoms. The van der Waals surface area contributed by atoms with Crippen molar-refractivity contribution in [1.82, 2.24) is 5.32 Å². The number of thioether (sulfide) groups is 1. The first-order valence-electron chi connectivity index (χ1n) is 6.89. The third kappa shape index (κ3) is 3.85. The van der Waals surface area contributed by atoms with E-state index in [4.69, 9.17) is 5.73 Å². The SMILES string of the molecule is CSc1ccc(C(CN)NC(C)c2ccccc2)cc1. The fraction of sp³-hybridized carbons (Fsp3) is 0.294. The van der Waals surface area contributed by atoms with Crippen molar-refractivity contribution in [3.63, 3.8) is 0 Å². The molecule has 2 aromatic carbocycles. The zero-order valence-corrected chi connectivity index (χ0v) is 12.9. The van der Waals surface area contributed by atoms with E-state index in [9.17, 15) is 0 Å². The molecular weight excluding hydrogens is 264 g/mol. The lowest BCUT2D eigenvalue weighted by molar-refractivity contribution is 0.473. The largest absolute Gasteiger partial charge is 0.329 e. The van der Waals surface area contributed by atoms with Crippen LogP contribution in [0.1, 0.15) is 30.1 Å². The molecule has 0 radical (unpaired) electrons. The third-order valence-electron chi connectivity index (χ3n) is 3.50. The zero-order valence-electron chi connectivity index (χ0n) is 12.0. The van der Waals surface area contributed by atoms with Crippen LogP contribution in [0.15, 0.2) is 59.5 Å². The lowest BCUT2D eigenvalue weighted by Gasteiger charge is -2.23. The summed E-state index contributed by atoms with van der Waals surface area (Å²) >= 11 is 1.76. The predicted octanol–water partition coefficient (Wildman–Crippen LogP) is 3.76. The second kappa shape index (κ2) is 7.48. The summed E-state index contributed by atoms with van der Waals surface area (Å²) in [5.41, 5.74) is 8.46. The molecule has 0 amide bonds. The van der Waals surface area contributed by atoms with Crippen LogP contribution in [0.2, 0.25) is 0 Å². The second-order valence-corrected chi connectivity index (χ2v) is 5.74. The van der Waals surface area contributed by atoms with Crippen molar-refractivity contribution in [2.45, 2.75) is 23.9 Å². The first kappa shape index (κ1) is 15.1. The van der Waals surface area contributed by atoms with Crippen LogP contribution in [0.4, 0.5) is 0 Å². The summed E-state index contributed by atoms with van der Waals surface area (Å²) in [5.74, 6) is 0. The summed E-state index contributed by atoms with van der Waals surface area (Å²) < 4.78 is 0. The zero-order chi connectivity index (χ0) is 14.4. The average Bonchev–Trinajstić information content (AvgIpc) is 2.53. The molecule has 2 atom stereocenters. The molecule has 2 rings (SSSR count). The summed E-state index contributed by atoms with van der Waals surface area (Å²) in [6, 6.07) is 19.5. The molecule has 0 heterocycles. The average molecular weight is 286 g/mol. The second-order valence-electron chi connectivity index (χ2n) is 4.86. The smallest absolute Gasteiger partial charge is 0.0449 e. The van der Waals surface area contributed by atoms with E-state index in [2.05, 4.69) is 67.0 Å². The fourth-order valence-corrected chi connectivity index (χ4v) is 2.68. The highest BCUT2D eigenvalue weighted by Gasteiger charge is 2.13. The maximum Gasteiger partial charge on any atom is 0.0449 e. The normalized spacial score (nSPS) is 13.9. The minimum absolute atomic E-state index is 0.182. The van der Waals surface area contributed by atoms with Gasteiger partial charge >= 0.3 is 0 Å². The molecule has 20 heavy (non-hydrogen) atoms. The van der Waals surface area contributed by atoms with Crippen LogP contribution in [0, 0.1) is 0 Å². The molecule has 0 bridgehead atoms. The Morgan fingerprint density at radius 1 is 1.00 bits per heavy atom. The molecule has 3 heteroatoms. The topological polar surface area (TPSA) is 38.0 Å². The van der Waals surface area contributed by atoms with Gasteiger partial charge in [-0.2, -0.15) is 0 Å². The number of hydrogen-bond donors (Lipinski definition) is 2. The molecule has 2 aromatic rings. The van der Waals surface area contributed by atoms with Crippen molar-refractivity contribution < 1.29 is 0 Å². The van der Waals surface area contributed by atoms with Gasteiger partial charge < -0.3 is 11.1 Å². The Bertz CT molecular complexity index is 510. The Morgan fingerprint density at radius 2 is 1.65 bits per heavy atom. The van der Waals surface area contributed by atoms with Crippen molar-refractivity contribution in [3.8, 4) is 0 Å². The number of hydrogen-bond acceptors (Lipinski definition) is 3. The van der Waals surface area contributed by atoms with E-state index in [-0.39, 0.29) is 12.1 Å². The van der Waals surface area contributed by atoms with Gasteiger partial charge in [-0.05, 0) is 36.4 Å². The van der Waals surface area contributed by atoms with Gasteiger partial charge in [-0.25, -0.2) is 0 Å². The van der Waals surface area contributed by atoms with E-state index >= 15 is 0 Å². The van der Waals surface area contributed by atoms with E-state index in [0.29, 0.717) is 6.54 Å². The van der Waals surface area contributed by atoms with Gasteiger partial charge in [0, 0.05) is 23.5 Å². The van der Waals surface area contributed by atoms with E-state index < -0.39 is 0 Å². The van der Waals surface area contributed by atoms with E-state index in [0.717, 1.165) is 0 Å². The van der Waals surface area contributed by atoms with Crippen LogP contribution in [0.3, 0.4) is 0 Å². The molecule has 0 aliphatic heterocycles. The molecule has 0 aliphatic carbocycles. The van der Waals surface area contributed by atoms with Crippen LogP contribution in [-0.4, -0.2) is 12.8 Å². The lowest BCUT2D eigenvalue weighted by Crippen LogP contribution is -2.30. The number of nitrogens with one attached hydrogen (secondary N) is 1. The molecule has 2 nitrogen and oxygen atoms in total. The molecule has 0 saturated heterocycles. The Balaban J connectivity index is 2.08. The number of benzene rings is 2. The molecule has 0 saturated carbocycles. The van der Waals surface area contributed by atoms with Gasteiger partial charge in [-0.15, -0.1) is 11.8 Å². The van der Waals surface area contributed by atoms with Crippen LogP contribution >= 0.6 is 11.8 Å². The Kier molecular flexibility index (Phi) is 5.65. The van der Waals surface area contributed by atoms with Gasteiger partial charge in [0.25, 0.3) is 0 Å². The van der Waals surface area contributed by atoms with E-state index in [1.54, 1.807) is 11.8 Å². The van der Waals surface area contributed by atoms with E-state index in [1.807, 2.05) is 6.07 Å². The summed E-state index contributed by atoms with van der Waals surface area (Å²) in [6.07, 6.45) is 2.09. The molecule has 0 aromatic heterocycles. The van der Waals surface area contributed by atoms with Crippen LogP contribution in [0.5, 0.6) is 0 Å². The van der Waals surface area contributed by atoms with E-state index in [1.165, 1.54) is 16.0 Å². The highest BCUT2D eigenvalue weighted by Crippen LogP contribution is 2.21. The van der Waals surface area contributed by atoms with Gasteiger partial charge in [0.05, 0.1) is 0 Å². The predicted molar refractivity (Wildman–Crippen MR) is 88.0 cm³/mol. The molecule has 106 valence electrons. The minimum atomic E-state index is 0.182. The van der Waals surface area contributed by atoms with Crippen LogP contribution < -0.4 is 11.1 Å². The van der Waals surface area contributed by atoms with Crippen molar-refractivity contribution in [2.24, 2.45) is 5.73 Å². The maximum absolute atomic E-state index is 5.93. The monoisotopic (exact) mass is 286 g/mol. The molecule has 0 aliphatic rings. The van der Waals surface area contributed by atoms with Crippen molar-refractivity contribution in [1.29, 1.82) is 0 Å². The number of nitrogens with two attached hydrogens (primary N) is 1. The minimum Gasteiger partial charge on any atom is -0.329 e. The van der Waals surface area contributed by atoms with Gasteiger partial charge in [0.2, 0.25) is 0 Å². The fourth-order valence-electron chi connectivity index (χ4n) is 2.28. The van der Waals surface area contributed by atoms with Gasteiger partial charge in [0.1, 0.15) is 0 Å². The lowest BCUT2D eigenvalue weighted by atomic mass is 10.0. The Morgan fingerprint density at radius 3 is 2.20 bits per heavy atom. The maximum atomic E-state index is 5.93. The van der Waals surface area contributed by atoms with Gasteiger partial charge in [0.15, 0.2) is 0 Å². The van der Waals surface area contributed by atoms with Crippen molar-refractivity contribution in [2.75, 3.05) is 12.8 Å². The Labute approximate surface area is 125 Å². The van der Waals surface area contributed by atoms with Gasteiger partial charge in [-0.1, -0.05) is 42.5 Å². The molecular formula is C17H22N2S. The molecule has 2 unspecified atom stereocenters. The highest BCUT2D eigenvalue weighted by atomic mass is 32.2. The first-order valence-corrected chi connectivity index (χ1v) is 8.12. The summed E-state index contributed by atoms with van der Waals surface area (Å²) in [4.78, 5) is 1.28. The Hall–Kier alpha value is -1.29. The highest BCUT2D eigenvalue weighted by molar-refractivity contribution is 7.98. The molecule has 0 fully saturated rings. The first-order chi connectivity index (χ1) is 9.74. The van der Waals surface area contributed by atoms with Crippen molar-refractivity contribution >= 4 is 11.8 Å². The van der Waals surface area contributed by atoms with Crippen LogP contribution in [-0.2, 0) is 0 Å². The standard InChI is InChI=1S/C17H22N2S/c1-13(14-6-4-3-5-7-14)19-17(12-18)15-8-10-16(20-2)11-9-15/h3-11,13,17,19H,12,18H2,1-2H3. The van der Waals surface area contributed by atoms with Crippen molar-refractivity contribution in [3.05, 3.63) is 65.7 Å². The quantitative estimate of drug-likeness (QED) is 0.794. The number of rotatable bonds is 6. The van der Waals surface area contributed by atoms with Gasteiger partial charge in [-0.3, -0.25) is 0 Å². The van der Waals surface area contributed by atoms with Crippen LogP contribution in [0.25, 0.3) is 0 Å². The summed E-state index contributed by atoms with van der Waals surface area (Å²) in [7, 11) is 0.